The maximum Gasteiger partial charge on any atom is 0.317 e. The van der Waals surface area contributed by atoms with Crippen LogP contribution in [0.4, 0.5) is 4.79 Å². The first-order valence-corrected chi connectivity index (χ1v) is 7.43. The molecule has 2 unspecified atom stereocenters. The molecule has 0 spiro atoms. The number of halogens is 1. The number of amides is 2. The Balaban J connectivity index is 1.96. The van der Waals surface area contributed by atoms with E-state index >= 15 is 0 Å². The third kappa shape index (κ3) is 3.64. The fraction of sp³-hybridized carbons (Fsp3) is 0.533. The molecule has 2 rings (SSSR count). The van der Waals surface area contributed by atoms with Crippen LogP contribution in [0.3, 0.4) is 0 Å². The average Bonchev–Trinajstić information content (AvgIpc) is 2.94. The average molecular weight is 297 g/mol. The van der Waals surface area contributed by atoms with Crippen LogP contribution in [-0.4, -0.2) is 35.7 Å². The van der Waals surface area contributed by atoms with E-state index in [2.05, 4.69) is 5.32 Å². The first-order chi connectivity index (χ1) is 9.63. The zero-order chi connectivity index (χ0) is 14.5. The highest BCUT2D eigenvalue weighted by Gasteiger charge is 2.26. The standard InChI is InChI=1S/C15H21ClN2O2/c1-2-14(12-3-5-13(16)6-4-12)17-15(20)18-8-7-11(9-18)10-19/h3-6,11,14,19H,2,7-10H2,1H3,(H,17,20). The molecule has 4 nitrogen and oxygen atoms in total. The van der Waals surface area contributed by atoms with Crippen molar-refractivity contribution >= 4 is 17.6 Å². The lowest BCUT2D eigenvalue weighted by molar-refractivity contribution is 0.194. The number of aliphatic hydroxyl groups excluding tert-OH is 1. The number of nitrogens with zero attached hydrogens (tertiary/aromatic N) is 1. The van der Waals surface area contributed by atoms with E-state index in [1.807, 2.05) is 31.2 Å². The Morgan fingerprint density at radius 3 is 2.75 bits per heavy atom. The number of likely N-dealkylation sites (tertiary alicyclic amines) is 1. The van der Waals surface area contributed by atoms with Crippen molar-refractivity contribution in [2.24, 2.45) is 5.92 Å². The van der Waals surface area contributed by atoms with E-state index in [0.717, 1.165) is 18.4 Å². The van der Waals surface area contributed by atoms with Crippen LogP contribution >= 0.6 is 11.6 Å². The van der Waals surface area contributed by atoms with Gasteiger partial charge >= 0.3 is 6.03 Å². The lowest BCUT2D eigenvalue weighted by Crippen LogP contribution is -2.40. The number of carbonyl (C=O) groups is 1. The molecule has 1 heterocycles. The smallest absolute Gasteiger partial charge is 0.317 e. The van der Waals surface area contributed by atoms with E-state index in [0.29, 0.717) is 18.1 Å². The molecule has 0 aliphatic carbocycles. The highest BCUT2D eigenvalue weighted by Crippen LogP contribution is 2.21. The van der Waals surface area contributed by atoms with Gasteiger partial charge in [-0.05, 0) is 30.5 Å². The Morgan fingerprint density at radius 2 is 2.20 bits per heavy atom. The summed E-state index contributed by atoms with van der Waals surface area (Å²) >= 11 is 5.88. The maximum absolute atomic E-state index is 12.2. The van der Waals surface area contributed by atoms with Gasteiger partial charge in [0, 0.05) is 30.6 Å². The minimum absolute atomic E-state index is 0.00653. The highest BCUT2D eigenvalue weighted by molar-refractivity contribution is 6.30. The number of benzene rings is 1. The van der Waals surface area contributed by atoms with Gasteiger partial charge < -0.3 is 15.3 Å². The lowest BCUT2D eigenvalue weighted by atomic mass is 10.1. The Bertz CT molecular complexity index is 450. The summed E-state index contributed by atoms with van der Waals surface area (Å²) in [6.07, 6.45) is 1.70. The Morgan fingerprint density at radius 1 is 1.50 bits per heavy atom. The Hall–Kier alpha value is -1.26. The zero-order valence-corrected chi connectivity index (χ0v) is 12.4. The minimum atomic E-state index is -0.0530. The summed E-state index contributed by atoms with van der Waals surface area (Å²) in [5.41, 5.74) is 1.06. The fourth-order valence-electron chi connectivity index (χ4n) is 2.52. The minimum Gasteiger partial charge on any atom is -0.396 e. The summed E-state index contributed by atoms with van der Waals surface area (Å²) in [4.78, 5) is 14.0. The van der Waals surface area contributed by atoms with Gasteiger partial charge in [0.05, 0.1) is 6.04 Å². The van der Waals surface area contributed by atoms with Crippen LogP contribution < -0.4 is 5.32 Å². The Labute approximate surface area is 124 Å². The number of urea groups is 1. The van der Waals surface area contributed by atoms with Gasteiger partial charge in [-0.3, -0.25) is 0 Å². The van der Waals surface area contributed by atoms with Crippen LogP contribution in [0.25, 0.3) is 0 Å². The van der Waals surface area contributed by atoms with E-state index in [4.69, 9.17) is 16.7 Å². The molecule has 5 heteroatoms. The SMILES string of the molecule is CCC(NC(=O)N1CCC(CO)C1)c1ccc(Cl)cc1. The quantitative estimate of drug-likeness (QED) is 0.898. The van der Waals surface area contributed by atoms with Crippen LogP contribution in [0.1, 0.15) is 31.4 Å². The van der Waals surface area contributed by atoms with Crippen LogP contribution in [0, 0.1) is 5.92 Å². The third-order valence-electron chi connectivity index (χ3n) is 3.81. The van der Waals surface area contributed by atoms with Crippen LogP contribution in [-0.2, 0) is 0 Å². The molecule has 1 aliphatic heterocycles. The van der Waals surface area contributed by atoms with Gasteiger partial charge in [0.1, 0.15) is 0 Å². The van der Waals surface area contributed by atoms with Gasteiger partial charge in [0.15, 0.2) is 0 Å². The molecule has 1 saturated heterocycles. The van der Waals surface area contributed by atoms with E-state index in [9.17, 15) is 4.79 Å². The molecule has 110 valence electrons. The van der Waals surface area contributed by atoms with Gasteiger partial charge in [-0.15, -0.1) is 0 Å². The lowest BCUT2D eigenvalue weighted by Gasteiger charge is -2.23. The van der Waals surface area contributed by atoms with Gasteiger partial charge in [-0.25, -0.2) is 4.79 Å². The number of aliphatic hydroxyl groups is 1. The monoisotopic (exact) mass is 296 g/mol. The van der Waals surface area contributed by atoms with Crippen molar-refractivity contribution in [3.63, 3.8) is 0 Å². The highest BCUT2D eigenvalue weighted by atomic mass is 35.5. The van der Waals surface area contributed by atoms with Crippen molar-refractivity contribution < 1.29 is 9.90 Å². The summed E-state index contributed by atoms with van der Waals surface area (Å²) in [5.74, 6) is 0.219. The summed E-state index contributed by atoms with van der Waals surface area (Å²) in [7, 11) is 0. The molecule has 0 saturated carbocycles. The molecular weight excluding hydrogens is 276 g/mol. The first kappa shape index (κ1) is 15.1. The van der Waals surface area contributed by atoms with E-state index in [-0.39, 0.29) is 24.6 Å². The van der Waals surface area contributed by atoms with Crippen LogP contribution in [0.15, 0.2) is 24.3 Å². The summed E-state index contributed by atoms with van der Waals surface area (Å²) in [6.45, 7) is 3.55. The molecule has 2 amide bonds. The molecule has 1 aromatic carbocycles. The number of hydrogen-bond donors (Lipinski definition) is 2. The van der Waals surface area contributed by atoms with Gasteiger partial charge in [-0.2, -0.15) is 0 Å². The molecule has 0 aromatic heterocycles. The molecular formula is C15H21ClN2O2. The molecule has 1 aromatic rings. The van der Waals surface area contributed by atoms with Crippen LogP contribution in [0.5, 0.6) is 0 Å². The van der Waals surface area contributed by atoms with Crippen molar-refractivity contribution in [3.05, 3.63) is 34.9 Å². The van der Waals surface area contributed by atoms with Crippen molar-refractivity contribution in [1.29, 1.82) is 0 Å². The first-order valence-electron chi connectivity index (χ1n) is 7.05. The predicted octanol–water partition coefficient (Wildman–Crippen LogP) is 2.81. The van der Waals surface area contributed by atoms with Crippen molar-refractivity contribution in [2.75, 3.05) is 19.7 Å². The molecule has 1 aliphatic rings. The number of carbonyl (C=O) groups excluding carboxylic acids is 1. The van der Waals surface area contributed by atoms with E-state index in [1.165, 1.54) is 0 Å². The number of nitrogens with one attached hydrogen (secondary N) is 1. The van der Waals surface area contributed by atoms with Gasteiger partial charge in [0.25, 0.3) is 0 Å². The molecule has 20 heavy (non-hydrogen) atoms. The second-order valence-electron chi connectivity index (χ2n) is 5.25. The fourth-order valence-corrected chi connectivity index (χ4v) is 2.65. The Kier molecular flexibility index (Phi) is 5.26. The van der Waals surface area contributed by atoms with E-state index < -0.39 is 0 Å². The second kappa shape index (κ2) is 6.95. The maximum atomic E-state index is 12.2. The topological polar surface area (TPSA) is 52.6 Å². The largest absolute Gasteiger partial charge is 0.396 e. The van der Waals surface area contributed by atoms with Crippen LogP contribution in [0.2, 0.25) is 5.02 Å². The molecule has 2 atom stereocenters. The predicted molar refractivity (Wildman–Crippen MR) is 79.8 cm³/mol. The van der Waals surface area contributed by atoms with Crippen molar-refractivity contribution in [3.8, 4) is 0 Å². The summed E-state index contributed by atoms with van der Waals surface area (Å²) in [5, 5.41) is 12.9. The molecule has 0 radical (unpaired) electrons. The molecule has 0 bridgehead atoms. The van der Waals surface area contributed by atoms with Gasteiger partial charge in [-0.1, -0.05) is 30.7 Å². The molecule has 2 N–H and O–H groups in total. The van der Waals surface area contributed by atoms with Gasteiger partial charge in [0.2, 0.25) is 0 Å². The number of rotatable bonds is 4. The summed E-state index contributed by atoms with van der Waals surface area (Å²) < 4.78 is 0. The second-order valence-corrected chi connectivity index (χ2v) is 5.68. The molecule has 1 fully saturated rings. The van der Waals surface area contributed by atoms with Crippen molar-refractivity contribution in [1.82, 2.24) is 10.2 Å². The number of hydrogen-bond acceptors (Lipinski definition) is 2. The summed E-state index contributed by atoms with van der Waals surface area (Å²) in [6, 6.07) is 7.50. The zero-order valence-electron chi connectivity index (χ0n) is 11.7. The third-order valence-corrected chi connectivity index (χ3v) is 4.06. The van der Waals surface area contributed by atoms with E-state index in [1.54, 1.807) is 4.90 Å². The van der Waals surface area contributed by atoms with Crippen molar-refractivity contribution in [2.45, 2.75) is 25.8 Å². The normalized spacial score (nSPS) is 19.9.